The predicted molar refractivity (Wildman–Crippen MR) is 101 cm³/mol. The lowest BCUT2D eigenvalue weighted by atomic mass is 10.3. The summed E-state index contributed by atoms with van der Waals surface area (Å²) in [5.74, 6) is 2.03. The van der Waals surface area contributed by atoms with Gasteiger partial charge in [-0.15, -0.1) is 0 Å². The van der Waals surface area contributed by atoms with Crippen LogP contribution in [-0.2, 0) is 4.79 Å². The quantitative estimate of drug-likeness (QED) is 0.466. The molecule has 1 heterocycles. The third kappa shape index (κ3) is 6.64. The lowest BCUT2D eigenvalue weighted by Crippen LogP contribution is -2.53. The van der Waals surface area contributed by atoms with Crippen molar-refractivity contribution in [2.75, 3.05) is 45.9 Å². The molecule has 0 bridgehead atoms. The minimum absolute atomic E-state index is 0.153. The Morgan fingerprint density at radius 1 is 1.12 bits per heavy atom. The van der Waals surface area contributed by atoms with Crippen molar-refractivity contribution >= 4 is 11.9 Å². The first kappa shape index (κ1) is 19.1. The minimum Gasteiger partial charge on any atom is -0.494 e. The molecule has 0 saturated carbocycles. The Morgan fingerprint density at radius 2 is 1.80 bits per heavy atom. The van der Waals surface area contributed by atoms with Crippen LogP contribution >= 0.6 is 0 Å². The molecule has 0 spiro atoms. The van der Waals surface area contributed by atoms with E-state index in [9.17, 15) is 4.79 Å². The van der Waals surface area contributed by atoms with E-state index in [-0.39, 0.29) is 5.91 Å². The number of amides is 1. The van der Waals surface area contributed by atoms with E-state index >= 15 is 0 Å². The van der Waals surface area contributed by atoms with Gasteiger partial charge in [-0.3, -0.25) is 9.79 Å². The van der Waals surface area contributed by atoms with E-state index in [1.165, 1.54) is 0 Å². The molecule has 0 aliphatic carbocycles. The standard InChI is InChI=1S/C19H30N4O2/c1-3-20-19(23-14-12-22(13-15-23)17(2)24)21-11-7-8-16-25-18-9-5-4-6-10-18/h4-6,9-10H,3,7-8,11-16H2,1-2H3,(H,20,21). The van der Waals surface area contributed by atoms with Gasteiger partial charge in [-0.05, 0) is 31.9 Å². The van der Waals surface area contributed by atoms with Crippen molar-refractivity contribution in [2.45, 2.75) is 26.7 Å². The average molecular weight is 346 g/mol. The Hall–Kier alpha value is -2.24. The van der Waals surface area contributed by atoms with Crippen LogP contribution in [0.4, 0.5) is 0 Å². The number of piperazine rings is 1. The SMILES string of the molecule is CCNC(=NCCCCOc1ccccc1)N1CCN(C(C)=O)CC1. The number of nitrogens with one attached hydrogen (secondary N) is 1. The number of guanidine groups is 1. The summed E-state index contributed by atoms with van der Waals surface area (Å²) in [6.45, 7) is 9.27. The normalized spacial score (nSPS) is 15.2. The molecule has 2 rings (SSSR count). The molecule has 1 amide bonds. The summed E-state index contributed by atoms with van der Waals surface area (Å²) in [7, 11) is 0. The molecule has 0 unspecified atom stereocenters. The summed E-state index contributed by atoms with van der Waals surface area (Å²) in [6, 6.07) is 9.90. The zero-order valence-corrected chi connectivity index (χ0v) is 15.4. The molecular weight excluding hydrogens is 316 g/mol. The number of rotatable bonds is 7. The first-order chi connectivity index (χ1) is 12.2. The number of nitrogens with zero attached hydrogens (tertiary/aromatic N) is 3. The van der Waals surface area contributed by atoms with Gasteiger partial charge in [0.2, 0.25) is 5.91 Å². The highest BCUT2D eigenvalue weighted by Gasteiger charge is 2.20. The number of para-hydroxylation sites is 1. The fraction of sp³-hybridized carbons (Fsp3) is 0.579. The Bertz CT molecular complexity index is 540. The van der Waals surface area contributed by atoms with Crippen LogP contribution in [0, 0.1) is 0 Å². The Morgan fingerprint density at radius 3 is 2.44 bits per heavy atom. The highest BCUT2D eigenvalue weighted by Crippen LogP contribution is 2.09. The van der Waals surface area contributed by atoms with Crippen molar-refractivity contribution in [1.29, 1.82) is 0 Å². The van der Waals surface area contributed by atoms with Gasteiger partial charge in [-0.2, -0.15) is 0 Å². The number of aliphatic imine (C=N–C) groups is 1. The van der Waals surface area contributed by atoms with Gasteiger partial charge in [-0.1, -0.05) is 18.2 Å². The molecule has 6 heteroatoms. The van der Waals surface area contributed by atoms with E-state index in [2.05, 4.69) is 17.1 Å². The Kier molecular flexibility index (Phi) is 8.09. The van der Waals surface area contributed by atoms with Gasteiger partial charge >= 0.3 is 0 Å². The molecule has 1 aromatic carbocycles. The molecule has 138 valence electrons. The Labute approximate surface area is 150 Å². The third-order valence-corrected chi connectivity index (χ3v) is 4.19. The summed E-state index contributed by atoms with van der Waals surface area (Å²) in [6.07, 6.45) is 1.98. The van der Waals surface area contributed by atoms with Gasteiger partial charge in [0.1, 0.15) is 5.75 Å². The molecule has 0 aromatic heterocycles. The molecule has 1 fully saturated rings. The number of hydrogen-bond acceptors (Lipinski definition) is 3. The van der Waals surface area contributed by atoms with Crippen LogP contribution in [0.25, 0.3) is 0 Å². The highest BCUT2D eigenvalue weighted by molar-refractivity contribution is 5.80. The molecule has 1 N–H and O–H groups in total. The number of hydrogen-bond donors (Lipinski definition) is 1. The fourth-order valence-electron chi connectivity index (χ4n) is 2.76. The molecular formula is C19H30N4O2. The number of unbranched alkanes of at least 4 members (excludes halogenated alkanes) is 1. The molecule has 6 nitrogen and oxygen atoms in total. The maximum Gasteiger partial charge on any atom is 0.219 e. The molecule has 1 aliphatic rings. The molecule has 0 atom stereocenters. The lowest BCUT2D eigenvalue weighted by molar-refractivity contribution is -0.130. The van der Waals surface area contributed by atoms with E-state index in [1.807, 2.05) is 35.2 Å². The summed E-state index contributed by atoms with van der Waals surface area (Å²) in [5.41, 5.74) is 0. The van der Waals surface area contributed by atoms with Crippen molar-refractivity contribution in [3.8, 4) is 5.75 Å². The minimum atomic E-state index is 0.153. The van der Waals surface area contributed by atoms with Crippen molar-refractivity contribution in [2.24, 2.45) is 4.99 Å². The Balaban J connectivity index is 1.69. The van der Waals surface area contributed by atoms with Crippen molar-refractivity contribution in [3.05, 3.63) is 30.3 Å². The van der Waals surface area contributed by atoms with E-state index in [0.29, 0.717) is 6.61 Å². The fourth-order valence-corrected chi connectivity index (χ4v) is 2.76. The van der Waals surface area contributed by atoms with Crippen LogP contribution in [0.15, 0.2) is 35.3 Å². The van der Waals surface area contributed by atoms with Crippen molar-refractivity contribution < 1.29 is 9.53 Å². The predicted octanol–water partition coefficient (Wildman–Crippen LogP) is 1.98. The van der Waals surface area contributed by atoms with Gasteiger partial charge in [-0.25, -0.2) is 0 Å². The first-order valence-corrected chi connectivity index (χ1v) is 9.17. The zero-order chi connectivity index (χ0) is 17.9. The number of carbonyl (C=O) groups is 1. The van der Waals surface area contributed by atoms with Crippen LogP contribution in [0.2, 0.25) is 0 Å². The third-order valence-electron chi connectivity index (χ3n) is 4.19. The van der Waals surface area contributed by atoms with Crippen LogP contribution in [0.5, 0.6) is 5.75 Å². The molecule has 0 radical (unpaired) electrons. The summed E-state index contributed by atoms with van der Waals surface area (Å²) in [4.78, 5) is 20.3. The smallest absolute Gasteiger partial charge is 0.219 e. The second kappa shape index (κ2) is 10.6. The average Bonchev–Trinajstić information content (AvgIpc) is 2.64. The van der Waals surface area contributed by atoms with Crippen molar-refractivity contribution in [1.82, 2.24) is 15.1 Å². The largest absolute Gasteiger partial charge is 0.494 e. The molecule has 25 heavy (non-hydrogen) atoms. The monoisotopic (exact) mass is 346 g/mol. The van der Waals surface area contributed by atoms with Gasteiger partial charge < -0.3 is 19.9 Å². The van der Waals surface area contributed by atoms with Gasteiger partial charge in [0, 0.05) is 46.2 Å². The molecule has 1 aliphatic heterocycles. The van der Waals surface area contributed by atoms with Crippen LogP contribution < -0.4 is 10.1 Å². The van der Waals surface area contributed by atoms with Crippen LogP contribution in [0.3, 0.4) is 0 Å². The van der Waals surface area contributed by atoms with Crippen molar-refractivity contribution in [3.63, 3.8) is 0 Å². The van der Waals surface area contributed by atoms with Crippen LogP contribution in [-0.4, -0.2) is 67.5 Å². The summed E-state index contributed by atoms with van der Waals surface area (Å²) in [5, 5.41) is 3.35. The zero-order valence-electron chi connectivity index (χ0n) is 15.4. The maximum atomic E-state index is 11.4. The molecule has 1 saturated heterocycles. The summed E-state index contributed by atoms with van der Waals surface area (Å²) >= 11 is 0. The van der Waals surface area contributed by atoms with Gasteiger partial charge in [0.15, 0.2) is 5.96 Å². The highest BCUT2D eigenvalue weighted by atomic mass is 16.5. The maximum absolute atomic E-state index is 11.4. The second-order valence-corrected chi connectivity index (χ2v) is 6.10. The van der Waals surface area contributed by atoms with Gasteiger partial charge in [0.05, 0.1) is 6.61 Å². The number of benzene rings is 1. The first-order valence-electron chi connectivity index (χ1n) is 9.17. The second-order valence-electron chi connectivity index (χ2n) is 6.10. The number of ether oxygens (including phenoxy) is 1. The van der Waals surface area contributed by atoms with E-state index < -0.39 is 0 Å². The van der Waals surface area contributed by atoms with Crippen LogP contribution in [0.1, 0.15) is 26.7 Å². The number of carbonyl (C=O) groups excluding carboxylic acids is 1. The lowest BCUT2D eigenvalue weighted by Gasteiger charge is -2.36. The topological polar surface area (TPSA) is 57.2 Å². The summed E-state index contributed by atoms with van der Waals surface area (Å²) < 4.78 is 5.70. The van der Waals surface area contributed by atoms with E-state index in [0.717, 1.165) is 63.8 Å². The molecule has 1 aromatic rings. The van der Waals surface area contributed by atoms with E-state index in [4.69, 9.17) is 9.73 Å². The van der Waals surface area contributed by atoms with E-state index in [1.54, 1.807) is 6.92 Å². The van der Waals surface area contributed by atoms with Gasteiger partial charge in [0.25, 0.3) is 0 Å².